The van der Waals surface area contributed by atoms with Crippen molar-refractivity contribution in [3.05, 3.63) is 36.7 Å². The highest BCUT2D eigenvalue weighted by atomic mass is 16.5. The summed E-state index contributed by atoms with van der Waals surface area (Å²) in [5.41, 5.74) is 3.18. The first-order chi connectivity index (χ1) is 18.4. The number of H-pyrrole nitrogens is 1. The molecule has 0 spiro atoms. The molecular weight excluding hydrogens is 482 g/mol. The number of nitrogens with one attached hydrogen (secondary N) is 2. The van der Waals surface area contributed by atoms with Crippen molar-refractivity contribution in [3.63, 3.8) is 0 Å². The van der Waals surface area contributed by atoms with Crippen LogP contribution in [0.15, 0.2) is 36.7 Å². The topological polar surface area (TPSA) is 107 Å². The zero-order valence-electron chi connectivity index (χ0n) is 22.4. The number of piperazine rings is 1. The van der Waals surface area contributed by atoms with Crippen molar-refractivity contribution in [2.45, 2.75) is 45.7 Å². The van der Waals surface area contributed by atoms with Gasteiger partial charge in [0.15, 0.2) is 0 Å². The summed E-state index contributed by atoms with van der Waals surface area (Å²) in [4.78, 5) is 43.9. The normalized spacial score (nSPS) is 20.6. The number of rotatable bonds is 7. The van der Waals surface area contributed by atoms with Crippen LogP contribution in [0.25, 0.3) is 22.3 Å². The molecule has 0 saturated carbocycles. The molecule has 2 aliphatic rings. The van der Waals surface area contributed by atoms with E-state index in [-0.39, 0.29) is 25.3 Å². The molecule has 3 aromatic rings. The van der Waals surface area contributed by atoms with Gasteiger partial charge in [-0.2, -0.15) is 0 Å². The zero-order chi connectivity index (χ0) is 26.6. The molecule has 2 amide bonds. The van der Waals surface area contributed by atoms with Crippen LogP contribution in [-0.2, 0) is 14.3 Å². The Morgan fingerprint density at radius 2 is 1.95 bits per heavy atom. The second-order valence-electron chi connectivity index (χ2n) is 10.3. The predicted octanol–water partition coefficient (Wildman–Crippen LogP) is 3.37. The number of aromatic amines is 1. The maximum Gasteiger partial charge on any atom is 0.224 e. The average molecular weight is 522 g/mol. The number of amides is 2. The van der Waals surface area contributed by atoms with E-state index in [4.69, 9.17) is 9.72 Å². The highest BCUT2D eigenvalue weighted by Gasteiger charge is 2.31. The van der Waals surface area contributed by atoms with Gasteiger partial charge in [0.05, 0.1) is 30.8 Å². The Morgan fingerprint density at radius 1 is 1.18 bits per heavy atom. The number of carbonyl (C=O) groups excluding carboxylic acids is 2. The number of morpholine rings is 1. The Morgan fingerprint density at radius 3 is 2.68 bits per heavy atom. The SMILES string of the molecule is CC(=O)N1[C@H](C)CN(c2cccc(-c3c[nH]c4ncc(NC(=O)CCCN5CCOCC5)cc34)n2)C[C@@H]1C.[HH]. The Bertz CT molecular complexity index is 1280. The second kappa shape index (κ2) is 11.5. The van der Waals surface area contributed by atoms with E-state index in [0.717, 1.165) is 80.5 Å². The number of anilines is 2. The average Bonchev–Trinajstić information content (AvgIpc) is 3.32. The lowest BCUT2D eigenvalue weighted by Crippen LogP contribution is -2.58. The molecule has 5 rings (SSSR count). The number of nitrogens with zero attached hydrogens (tertiary/aromatic N) is 5. The standard InChI is InChI=1S/C28H37N7O3.H2/c1-19-17-34(18-20(2)35(19)21(3)36)26-7-4-6-25(32-26)24-16-30-28-23(24)14-22(15-29-28)31-27(37)8-5-9-33-10-12-38-13-11-33;/h4,6-7,14-16,19-20H,5,8-13,17-18H2,1-3H3,(H,29,30)(H,31,37);1H/t19-,20+;. The van der Waals surface area contributed by atoms with Crippen LogP contribution >= 0.6 is 0 Å². The molecule has 10 nitrogen and oxygen atoms in total. The van der Waals surface area contributed by atoms with Crippen LogP contribution in [0.5, 0.6) is 0 Å². The van der Waals surface area contributed by atoms with Gasteiger partial charge < -0.3 is 24.8 Å². The van der Waals surface area contributed by atoms with Gasteiger partial charge in [0, 0.05) is 70.2 Å². The van der Waals surface area contributed by atoms with Crippen LogP contribution in [0.4, 0.5) is 11.5 Å². The van der Waals surface area contributed by atoms with Crippen molar-refractivity contribution >= 4 is 34.4 Å². The van der Waals surface area contributed by atoms with E-state index in [1.54, 1.807) is 13.1 Å². The highest BCUT2D eigenvalue weighted by molar-refractivity contribution is 5.97. The molecule has 204 valence electrons. The summed E-state index contributed by atoms with van der Waals surface area (Å²) in [5, 5.41) is 3.91. The summed E-state index contributed by atoms with van der Waals surface area (Å²) >= 11 is 0. The van der Waals surface area contributed by atoms with Gasteiger partial charge in [-0.1, -0.05) is 6.07 Å². The molecule has 0 unspecified atom stereocenters. The first-order valence-corrected chi connectivity index (χ1v) is 13.5. The third-order valence-electron chi connectivity index (χ3n) is 7.41. The molecule has 38 heavy (non-hydrogen) atoms. The smallest absolute Gasteiger partial charge is 0.224 e. The lowest BCUT2D eigenvalue weighted by atomic mass is 10.1. The zero-order valence-corrected chi connectivity index (χ0v) is 22.4. The Hall–Kier alpha value is -3.50. The maximum absolute atomic E-state index is 12.6. The van der Waals surface area contributed by atoms with Gasteiger partial charge in [-0.15, -0.1) is 0 Å². The summed E-state index contributed by atoms with van der Waals surface area (Å²) in [5.74, 6) is 0.985. The third-order valence-corrected chi connectivity index (χ3v) is 7.41. The van der Waals surface area contributed by atoms with Crippen molar-refractivity contribution in [3.8, 4) is 11.3 Å². The summed E-state index contributed by atoms with van der Waals surface area (Å²) < 4.78 is 5.38. The van der Waals surface area contributed by atoms with E-state index in [1.165, 1.54) is 0 Å². The second-order valence-corrected chi connectivity index (χ2v) is 10.3. The molecule has 10 heteroatoms. The van der Waals surface area contributed by atoms with Crippen LogP contribution in [-0.4, -0.2) is 94.6 Å². The molecule has 0 radical (unpaired) electrons. The Labute approximate surface area is 224 Å². The van der Waals surface area contributed by atoms with Gasteiger partial charge in [0.1, 0.15) is 11.5 Å². The molecule has 2 aliphatic heterocycles. The molecule has 0 aliphatic carbocycles. The predicted molar refractivity (Wildman–Crippen MR) is 150 cm³/mol. The van der Waals surface area contributed by atoms with Crippen molar-refractivity contribution in [2.75, 3.05) is 56.2 Å². The number of pyridine rings is 2. The van der Waals surface area contributed by atoms with Crippen molar-refractivity contribution in [1.82, 2.24) is 24.8 Å². The molecule has 0 aromatic carbocycles. The first kappa shape index (κ1) is 26.1. The third kappa shape index (κ3) is 5.81. The van der Waals surface area contributed by atoms with E-state index < -0.39 is 0 Å². The molecule has 2 atom stereocenters. The molecule has 2 fully saturated rings. The van der Waals surface area contributed by atoms with Crippen LogP contribution in [0.1, 0.15) is 35.0 Å². The number of hydrogen-bond donors (Lipinski definition) is 2. The largest absolute Gasteiger partial charge is 0.379 e. The highest BCUT2D eigenvalue weighted by Crippen LogP contribution is 2.30. The minimum absolute atomic E-state index is 0. The fourth-order valence-corrected chi connectivity index (χ4v) is 5.68. The van der Waals surface area contributed by atoms with Gasteiger partial charge in [0.2, 0.25) is 11.8 Å². The quantitative estimate of drug-likeness (QED) is 0.491. The Balaban J connectivity index is 0.00000353. The molecule has 3 aromatic heterocycles. The molecule has 0 bridgehead atoms. The van der Waals surface area contributed by atoms with Crippen molar-refractivity contribution in [1.29, 1.82) is 0 Å². The summed E-state index contributed by atoms with van der Waals surface area (Å²) in [6.07, 6.45) is 4.87. The summed E-state index contributed by atoms with van der Waals surface area (Å²) in [6.45, 7) is 11.6. The fraction of sp³-hybridized carbons (Fsp3) is 0.500. The van der Waals surface area contributed by atoms with Gasteiger partial charge in [-0.05, 0) is 45.0 Å². The monoisotopic (exact) mass is 521 g/mol. The molecule has 2 N–H and O–H groups in total. The number of fused-ring (bicyclic) bond motifs is 1. The summed E-state index contributed by atoms with van der Waals surface area (Å²) in [6, 6.07) is 8.19. The first-order valence-electron chi connectivity index (χ1n) is 13.5. The van der Waals surface area contributed by atoms with Crippen molar-refractivity contribution < 1.29 is 15.8 Å². The lowest BCUT2D eigenvalue weighted by Gasteiger charge is -2.44. The lowest BCUT2D eigenvalue weighted by molar-refractivity contribution is -0.133. The van der Waals surface area contributed by atoms with Crippen LogP contribution in [0.3, 0.4) is 0 Å². The Kier molecular flexibility index (Phi) is 7.90. The number of hydrogen-bond acceptors (Lipinski definition) is 7. The van der Waals surface area contributed by atoms with Crippen molar-refractivity contribution in [2.24, 2.45) is 0 Å². The maximum atomic E-state index is 12.6. The molecule has 5 heterocycles. The van der Waals surface area contributed by atoms with Crippen LogP contribution in [0, 0.1) is 0 Å². The van der Waals surface area contributed by atoms with Gasteiger partial charge in [-0.3, -0.25) is 14.5 Å². The number of aromatic nitrogens is 3. The van der Waals surface area contributed by atoms with Gasteiger partial charge >= 0.3 is 0 Å². The fourth-order valence-electron chi connectivity index (χ4n) is 5.68. The van der Waals surface area contributed by atoms with E-state index in [2.05, 4.69) is 38.9 Å². The van der Waals surface area contributed by atoms with E-state index in [9.17, 15) is 9.59 Å². The summed E-state index contributed by atoms with van der Waals surface area (Å²) in [7, 11) is 0. The number of ether oxygens (including phenoxy) is 1. The van der Waals surface area contributed by atoms with Gasteiger partial charge in [0.25, 0.3) is 0 Å². The molecular formula is C28H39N7O3. The minimum atomic E-state index is -0.00967. The van der Waals surface area contributed by atoms with Crippen LogP contribution < -0.4 is 10.2 Å². The van der Waals surface area contributed by atoms with Crippen LogP contribution in [0.2, 0.25) is 0 Å². The van der Waals surface area contributed by atoms with Gasteiger partial charge in [-0.25, -0.2) is 9.97 Å². The van der Waals surface area contributed by atoms with E-state index >= 15 is 0 Å². The van der Waals surface area contributed by atoms with E-state index in [1.807, 2.05) is 35.4 Å². The molecule has 2 saturated heterocycles. The minimum Gasteiger partial charge on any atom is -0.379 e. The number of carbonyl (C=O) groups is 2. The van der Waals surface area contributed by atoms with E-state index in [0.29, 0.717) is 12.1 Å².